The maximum atomic E-state index is 6.44. The standard InChI is InChI=1S/C20H18N6OS/c1-27-13-6-7-14-16(10-13)28-20(24-14)25-18-17(21)19(23-11-22-18)26-9-8-12-4-2-3-5-15(12)26/h2-7,10-11H,8-9,21H2,1H3,(H,22,23,24,25). The van der Waals surface area contributed by atoms with Crippen molar-refractivity contribution in [2.75, 3.05) is 29.6 Å². The molecule has 8 heteroatoms. The number of rotatable bonds is 4. The number of ether oxygens (including phenoxy) is 1. The Labute approximate surface area is 165 Å². The minimum Gasteiger partial charge on any atom is -0.497 e. The number of nitrogens with two attached hydrogens (primary N) is 1. The quantitative estimate of drug-likeness (QED) is 0.542. The summed E-state index contributed by atoms with van der Waals surface area (Å²) in [6.07, 6.45) is 2.51. The summed E-state index contributed by atoms with van der Waals surface area (Å²) in [6, 6.07) is 14.1. The number of hydrogen-bond acceptors (Lipinski definition) is 8. The molecule has 2 aromatic heterocycles. The topological polar surface area (TPSA) is 89.2 Å². The van der Waals surface area contributed by atoms with Crippen molar-refractivity contribution in [1.29, 1.82) is 0 Å². The summed E-state index contributed by atoms with van der Waals surface area (Å²) in [5.74, 6) is 2.07. The Hall–Kier alpha value is -3.39. The first-order chi connectivity index (χ1) is 13.7. The second-order valence-corrected chi connectivity index (χ2v) is 7.50. The van der Waals surface area contributed by atoms with Gasteiger partial charge in [0.15, 0.2) is 16.8 Å². The van der Waals surface area contributed by atoms with Crippen LogP contribution in [0.4, 0.5) is 28.1 Å². The number of nitrogens with one attached hydrogen (secondary N) is 1. The van der Waals surface area contributed by atoms with Crippen LogP contribution in [0, 0.1) is 0 Å². The zero-order valence-corrected chi connectivity index (χ0v) is 16.0. The van der Waals surface area contributed by atoms with Crippen molar-refractivity contribution in [2.45, 2.75) is 6.42 Å². The Balaban J connectivity index is 1.48. The van der Waals surface area contributed by atoms with Crippen LogP contribution in [0.2, 0.25) is 0 Å². The van der Waals surface area contributed by atoms with E-state index in [1.165, 1.54) is 23.2 Å². The average molecular weight is 390 g/mol. The zero-order valence-electron chi connectivity index (χ0n) is 15.2. The first kappa shape index (κ1) is 16.8. The molecule has 2 aromatic carbocycles. The molecule has 1 aliphatic rings. The molecular weight excluding hydrogens is 372 g/mol. The van der Waals surface area contributed by atoms with E-state index >= 15 is 0 Å². The van der Waals surface area contributed by atoms with Crippen LogP contribution in [0.3, 0.4) is 0 Å². The van der Waals surface area contributed by atoms with Crippen molar-refractivity contribution in [1.82, 2.24) is 15.0 Å². The SMILES string of the molecule is COc1ccc2nc(Nc3ncnc(N4CCc5ccccc54)c3N)sc2c1. The van der Waals surface area contributed by atoms with Crippen molar-refractivity contribution in [2.24, 2.45) is 0 Å². The van der Waals surface area contributed by atoms with Gasteiger partial charge in [-0.3, -0.25) is 0 Å². The molecule has 0 aliphatic carbocycles. The molecule has 0 saturated heterocycles. The minimum atomic E-state index is 0.510. The molecule has 4 aromatic rings. The first-order valence-electron chi connectivity index (χ1n) is 8.90. The lowest BCUT2D eigenvalue weighted by Crippen LogP contribution is -2.17. The third-order valence-corrected chi connectivity index (χ3v) is 5.76. The van der Waals surface area contributed by atoms with Gasteiger partial charge in [0, 0.05) is 12.2 Å². The Morgan fingerprint density at radius 2 is 2.07 bits per heavy atom. The van der Waals surface area contributed by atoms with Gasteiger partial charge in [0.2, 0.25) is 0 Å². The molecule has 1 aliphatic heterocycles. The summed E-state index contributed by atoms with van der Waals surface area (Å²) < 4.78 is 6.31. The largest absolute Gasteiger partial charge is 0.497 e. The van der Waals surface area contributed by atoms with E-state index < -0.39 is 0 Å². The van der Waals surface area contributed by atoms with Crippen molar-refractivity contribution in [3.8, 4) is 5.75 Å². The molecule has 0 atom stereocenters. The van der Waals surface area contributed by atoms with Gasteiger partial charge >= 0.3 is 0 Å². The van der Waals surface area contributed by atoms with Crippen molar-refractivity contribution in [3.05, 3.63) is 54.4 Å². The highest BCUT2D eigenvalue weighted by atomic mass is 32.1. The lowest BCUT2D eigenvalue weighted by atomic mass is 10.2. The fourth-order valence-corrected chi connectivity index (χ4v) is 4.34. The Morgan fingerprint density at radius 3 is 2.96 bits per heavy atom. The molecule has 0 unspecified atom stereocenters. The van der Waals surface area contributed by atoms with E-state index in [0.29, 0.717) is 17.3 Å². The Bertz CT molecular complexity index is 1170. The van der Waals surface area contributed by atoms with E-state index in [9.17, 15) is 0 Å². The van der Waals surface area contributed by atoms with E-state index in [1.807, 2.05) is 24.3 Å². The molecule has 5 rings (SSSR count). The number of hydrogen-bond donors (Lipinski definition) is 2. The maximum Gasteiger partial charge on any atom is 0.189 e. The average Bonchev–Trinajstić information content (AvgIpc) is 3.32. The smallest absolute Gasteiger partial charge is 0.189 e. The first-order valence-corrected chi connectivity index (χ1v) is 9.72. The van der Waals surface area contributed by atoms with Crippen LogP contribution in [-0.2, 0) is 6.42 Å². The Kier molecular flexibility index (Phi) is 3.98. The van der Waals surface area contributed by atoms with Gasteiger partial charge in [0.1, 0.15) is 17.8 Å². The molecule has 28 heavy (non-hydrogen) atoms. The number of nitrogen functional groups attached to an aromatic ring is 1. The van der Waals surface area contributed by atoms with Crippen LogP contribution in [-0.4, -0.2) is 28.6 Å². The molecule has 0 spiro atoms. The second-order valence-electron chi connectivity index (χ2n) is 6.47. The van der Waals surface area contributed by atoms with Crippen molar-refractivity contribution in [3.63, 3.8) is 0 Å². The van der Waals surface area contributed by atoms with Crippen LogP contribution in [0.1, 0.15) is 5.56 Å². The van der Waals surface area contributed by atoms with Gasteiger partial charge < -0.3 is 20.7 Å². The number of benzene rings is 2. The highest BCUT2D eigenvalue weighted by molar-refractivity contribution is 7.22. The van der Waals surface area contributed by atoms with Crippen LogP contribution in [0.5, 0.6) is 5.75 Å². The summed E-state index contributed by atoms with van der Waals surface area (Å²) in [7, 11) is 1.65. The van der Waals surface area contributed by atoms with Gasteiger partial charge in [-0.25, -0.2) is 15.0 Å². The number of thiazole rings is 1. The summed E-state index contributed by atoms with van der Waals surface area (Å²) in [6.45, 7) is 0.848. The predicted molar refractivity (Wildman–Crippen MR) is 113 cm³/mol. The fourth-order valence-electron chi connectivity index (χ4n) is 3.45. The summed E-state index contributed by atoms with van der Waals surface area (Å²) in [4.78, 5) is 15.5. The highest BCUT2D eigenvalue weighted by Gasteiger charge is 2.24. The third-order valence-electron chi connectivity index (χ3n) is 4.83. The lowest BCUT2D eigenvalue weighted by molar-refractivity contribution is 0.415. The number of para-hydroxylation sites is 1. The molecule has 3 N–H and O–H groups in total. The van der Waals surface area contributed by atoms with E-state index in [0.717, 1.165) is 39.8 Å². The van der Waals surface area contributed by atoms with Gasteiger partial charge in [0.25, 0.3) is 0 Å². The van der Waals surface area contributed by atoms with E-state index in [1.54, 1.807) is 7.11 Å². The molecule has 0 amide bonds. The minimum absolute atomic E-state index is 0.510. The van der Waals surface area contributed by atoms with Gasteiger partial charge in [-0.15, -0.1) is 0 Å². The lowest BCUT2D eigenvalue weighted by Gasteiger charge is -2.20. The molecule has 0 radical (unpaired) electrons. The Morgan fingerprint density at radius 1 is 1.18 bits per heavy atom. The van der Waals surface area contributed by atoms with Crippen LogP contribution < -0.4 is 20.7 Å². The number of aromatic nitrogens is 3. The third kappa shape index (κ3) is 2.78. The molecule has 7 nitrogen and oxygen atoms in total. The molecule has 0 saturated carbocycles. The van der Waals surface area contributed by atoms with Gasteiger partial charge in [-0.1, -0.05) is 29.5 Å². The number of fused-ring (bicyclic) bond motifs is 2. The maximum absolute atomic E-state index is 6.44. The summed E-state index contributed by atoms with van der Waals surface area (Å²) in [5, 5.41) is 3.97. The summed E-state index contributed by atoms with van der Waals surface area (Å²) in [5.41, 5.74) is 10.3. The van der Waals surface area contributed by atoms with Crippen molar-refractivity contribution < 1.29 is 4.74 Å². The second kappa shape index (κ2) is 6.65. The van der Waals surface area contributed by atoms with Crippen LogP contribution in [0.25, 0.3) is 10.2 Å². The highest BCUT2D eigenvalue weighted by Crippen LogP contribution is 2.39. The van der Waals surface area contributed by atoms with E-state index in [-0.39, 0.29) is 0 Å². The summed E-state index contributed by atoms with van der Waals surface area (Å²) >= 11 is 1.53. The van der Waals surface area contributed by atoms with Crippen LogP contribution in [0.15, 0.2) is 48.8 Å². The van der Waals surface area contributed by atoms with Crippen molar-refractivity contribution >= 4 is 49.7 Å². The molecule has 140 valence electrons. The normalized spacial score (nSPS) is 13.0. The molecule has 3 heterocycles. The van der Waals surface area contributed by atoms with Gasteiger partial charge in [-0.2, -0.15) is 0 Å². The zero-order chi connectivity index (χ0) is 19.1. The number of nitrogens with zero attached hydrogens (tertiary/aromatic N) is 4. The molecule has 0 bridgehead atoms. The predicted octanol–water partition coefficient (Wildman–Crippen LogP) is 4.11. The molecular formula is C20H18N6OS. The monoisotopic (exact) mass is 390 g/mol. The van der Waals surface area contributed by atoms with E-state index in [4.69, 9.17) is 10.5 Å². The van der Waals surface area contributed by atoms with Gasteiger partial charge in [0.05, 0.1) is 17.3 Å². The molecule has 0 fully saturated rings. The number of methoxy groups -OCH3 is 1. The number of anilines is 5. The van der Waals surface area contributed by atoms with Crippen LogP contribution >= 0.6 is 11.3 Å². The fraction of sp³-hybridized carbons (Fsp3) is 0.150. The van der Waals surface area contributed by atoms with E-state index in [2.05, 4.69) is 43.4 Å². The van der Waals surface area contributed by atoms with Gasteiger partial charge in [-0.05, 0) is 36.2 Å².